The van der Waals surface area contributed by atoms with E-state index in [0.29, 0.717) is 6.54 Å². The van der Waals surface area contributed by atoms with Crippen LogP contribution in [0, 0.1) is 0 Å². The van der Waals surface area contributed by atoms with Gasteiger partial charge in [0.15, 0.2) is 0 Å². The number of carbonyl (C=O) groups excluding carboxylic acids is 1. The molecule has 1 aromatic rings. The van der Waals surface area contributed by atoms with Crippen molar-refractivity contribution in [3.63, 3.8) is 0 Å². The van der Waals surface area contributed by atoms with E-state index in [1.807, 2.05) is 25.1 Å². The van der Waals surface area contributed by atoms with Crippen molar-refractivity contribution in [2.75, 3.05) is 14.1 Å². The second-order valence-corrected chi connectivity index (χ2v) is 3.60. The Hall–Kier alpha value is -1.49. The number of esters is 1. The Balaban J connectivity index is 2.77. The molecule has 0 saturated heterocycles. The highest BCUT2D eigenvalue weighted by Gasteiger charge is 2.13. The van der Waals surface area contributed by atoms with Crippen molar-refractivity contribution < 1.29 is 18.3 Å². The number of carbonyl (C=O) groups is 1. The minimum atomic E-state index is -3.08. The van der Waals surface area contributed by atoms with Gasteiger partial charge in [-0.1, -0.05) is 12.1 Å². The van der Waals surface area contributed by atoms with Crippen LogP contribution in [0.15, 0.2) is 24.3 Å². The zero-order valence-electron chi connectivity index (χ0n) is 9.11. The average Bonchev–Trinajstić information content (AvgIpc) is 2.16. The van der Waals surface area contributed by atoms with E-state index in [1.165, 1.54) is 6.07 Å². The summed E-state index contributed by atoms with van der Waals surface area (Å²) in [6, 6.07) is 6.45. The number of hydrogen-bond acceptors (Lipinski definition) is 3. The molecular weight excluding hydrogens is 216 g/mol. The monoisotopic (exact) mass is 229 g/mol. The summed E-state index contributed by atoms with van der Waals surface area (Å²) in [5.74, 6) is -1.00. The van der Waals surface area contributed by atoms with Gasteiger partial charge in [-0.25, -0.2) is 4.79 Å². The summed E-state index contributed by atoms with van der Waals surface area (Å²) in [5, 5.41) is 0. The van der Waals surface area contributed by atoms with Crippen LogP contribution in [0.2, 0.25) is 0 Å². The number of rotatable bonds is 4. The summed E-state index contributed by atoms with van der Waals surface area (Å²) in [7, 11) is 3.76. The lowest BCUT2D eigenvalue weighted by atomic mass is 10.1. The topological polar surface area (TPSA) is 29.5 Å². The number of alkyl halides is 2. The molecule has 1 aromatic carbocycles. The normalized spacial score (nSPS) is 10.9. The third kappa shape index (κ3) is 3.94. The fourth-order valence-corrected chi connectivity index (χ4v) is 1.31. The van der Waals surface area contributed by atoms with Crippen LogP contribution in [0.1, 0.15) is 15.9 Å². The number of halogens is 2. The molecule has 0 aromatic heterocycles. The van der Waals surface area contributed by atoms with Gasteiger partial charge in [0, 0.05) is 6.54 Å². The Labute approximate surface area is 92.6 Å². The molecule has 0 atom stereocenters. The van der Waals surface area contributed by atoms with Crippen LogP contribution in [-0.4, -0.2) is 31.6 Å². The maximum Gasteiger partial charge on any atom is 0.389 e. The molecule has 0 spiro atoms. The summed E-state index contributed by atoms with van der Waals surface area (Å²) in [5.41, 5.74) is 1.01. The molecule has 0 aliphatic carbocycles. The summed E-state index contributed by atoms with van der Waals surface area (Å²) < 4.78 is 27.5. The van der Waals surface area contributed by atoms with Crippen LogP contribution < -0.4 is 0 Å². The highest BCUT2D eigenvalue weighted by atomic mass is 19.3. The molecule has 0 N–H and O–H groups in total. The van der Waals surface area contributed by atoms with Gasteiger partial charge in [-0.05, 0) is 31.8 Å². The van der Waals surface area contributed by atoms with Crippen LogP contribution in [0.25, 0.3) is 0 Å². The number of nitrogens with zero attached hydrogens (tertiary/aromatic N) is 1. The van der Waals surface area contributed by atoms with Crippen molar-refractivity contribution in [3.05, 3.63) is 35.4 Å². The van der Waals surface area contributed by atoms with Crippen molar-refractivity contribution in [1.29, 1.82) is 0 Å². The number of benzene rings is 1. The molecule has 0 aliphatic heterocycles. The Morgan fingerprint density at radius 2 is 2.12 bits per heavy atom. The molecule has 0 saturated carbocycles. The Bertz CT molecular complexity index is 367. The van der Waals surface area contributed by atoms with E-state index in [2.05, 4.69) is 4.74 Å². The van der Waals surface area contributed by atoms with Crippen LogP contribution in [-0.2, 0) is 11.3 Å². The molecule has 3 nitrogen and oxygen atoms in total. The first-order valence-corrected chi connectivity index (χ1v) is 4.72. The van der Waals surface area contributed by atoms with Gasteiger partial charge in [-0.3, -0.25) is 0 Å². The fraction of sp³-hybridized carbons (Fsp3) is 0.364. The van der Waals surface area contributed by atoms with Crippen molar-refractivity contribution >= 4 is 5.97 Å². The van der Waals surface area contributed by atoms with Gasteiger partial charge in [-0.2, -0.15) is 8.78 Å². The average molecular weight is 229 g/mol. The molecule has 0 fully saturated rings. The highest BCUT2D eigenvalue weighted by Crippen LogP contribution is 2.10. The van der Waals surface area contributed by atoms with E-state index in [4.69, 9.17) is 0 Å². The largest absolute Gasteiger partial charge is 0.399 e. The van der Waals surface area contributed by atoms with E-state index in [0.717, 1.165) is 5.56 Å². The maximum absolute atomic E-state index is 11.8. The summed E-state index contributed by atoms with van der Waals surface area (Å²) >= 11 is 0. The standard InChI is InChI=1S/C11H13F2NO2/c1-14(2)7-8-4-3-5-9(6-8)10(15)16-11(12)13/h3-6,11H,7H2,1-2H3. The Morgan fingerprint density at radius 3 is 2.69 bits per heavy atom. The van der Waals surface area contributed by atoms with Gasteiger partial charge in [0.1, 0.15) is 0 Å². The highest BCUT2D eigenvalue weighted by molar-refractivity contribution is 5.89. The lowest BCUT2D eigenvalue weighted by Crippen LogP contribution is -2.13. The molecule has 0 bridgehead atoms. The van der Waals surface area contributed by atoms with Crippen LogP contribution >= 0.6 is 0 Å². The van der Waals surface area contributed by atoms with E-state index in [1.54, 1.807) is 12.1 Å². The molecular formula is C11H13F2NO2. The quantitative estimate of drug-likeness (QED) is 0.741. The predicted molar refractivity (Wildman–Crippen MR) is 55.3 cm³/mol. The molecule has 5 heteroatoms. The van der Waals surface area contributed by atoms with Crippen molar-refractivity contribution in [2.45, 2.75) is 13.2 Å². The van der Waals surface area contributed by atoms with Gasteiger partial charge >= 0.3 is 12.6 Å². The van der Waals surface area contributed by atoms with Crippen LogP contribution in [0.4, 0.5) is 8.78 Å². The molecule has 0 amide bonds. The fourth-order valence-electron chi connectivity index (χ4n) is 1.31. The maximum atomic E-state index is 11.8. The minimum Gasteiger partial charge on any atom is -0.399 e. The molecule has 0 aliphatic rings. The van der Waals surface area contributed by atoms with Gasteiger partial charge in [-0.15, -0.1) is 0 Å². The van der Waals surface area contributed by atoms with E-state index >= 15 is 0 Å². The molecule has 0 radical (unpaired) electrons. The number of hydrogen-bond donors (Lipinski definition) is 0. The summed E-state index contributed by atoms with van der Waals surface area (Å²) in [4.78, 5) is 13.1. The molecule has 16 heavy (non-hydrogen) atoms. The zero-order chi connectivity index (χ0) is 12.1. The van der Waals surface area contributed by atoms with E-state index < -0.39 is 12.6 Å². The SMILES string of the molecule is CN(C)Cc1cccc(C(=O)OC(F)F)c1. The first kappa shape index (κ1) is 12.6. The van der Waals surface area contributed by atoms with E-state index in [9.17, 15) is 13.6 Å². The van der Waals surface area contributed by atoms with Gasteiger partial charge in [0.25, 0.3) is 0 Å². The second kappa shape index (κ2) is 5.55. The first-order chi connectivity index (χ1) is 7.49. The summed E-state index contributed by atoms with van der Waals surface area (Å²) in [6.45, 7) is -2.44. The lowest BCUT2D eigenvalue weighted by Gasteiger charge is -2.10. The summed E-state index contributed by atoms with van der Waals surface area (Å²) in [6.07, 6.45) is 0. The van der Waals surface area contributed by atoms with E-state index in [-0.39, 0.29) is 5.56 Å². The van der Waals surface area contributed by atoms with Gasteiger partial charge in [0.2, 0.25) is 0 Å². The zero-order valence-corrected chi connectivity index (χ0v) is 9.11. The second-order valence-electron chi connectivity index (χ2n) is 3.60. The molecule has 0 heterocycles. The van der Waals surface area contributed by atoms with Crippen LogP contribution in [0.5, 0.6) is 0 Å². The smallest absolute Gasteiger partial charge is 0.389 e. The van der Waals surface area contributed by atoms with Crippen molar-refractivity contribution in [3.8, 4) is 0 Å². The molecule has 1 rings (SSSR count). The molecule has 88 valence electrons. The first-order valence-electron chi connectivity index (χ1n) is 4.72. The van der Waals surface area contributed by atoms with Crippen molar-refractivity contribution in [2.24, 2.45) is 0 Å². The Kier molecular flexibility index (Phi) is 4.37. The van der Waals surface area contributed by atoms with Crippen LogP contribution in [0.3, 0.4) is 0 Å². The molecule has 0 unspecified atom stereocenters. The minimum absolute atomic E-state index is 0.139. The Morgan fingerprint density at radius 1 is 1.44 bits per heavy atom. The van der Waals surface area contributed by atoms with Gasteiger partial charge in [0.05, 0.1) is 5.56 Å². The number of ether oxygens (including phenoxy) is 1. The van der Waals surface area contributed by atoms with Crippen molar-refractivity contribution in [1.82, 2.24) is 4.90 Å². The predicted octanol–water partition coefficient (Wildman–Crippen LogP) is 2.13. The third-order valence-corrected chi connectivity index (χ3v) is 1.86. The van der Waals surface area contributed by atoms with Gasteiger partial charge < -0.3 is 9.64 Å². The third-order valence-electron chi connectivity index (χ3n) is 1.86. The lowest BCUT2D eigenvalue weighted by molar-refractivity contribution is -0.0906.